The molecule has 0 aliphatic heterocycles. The van der Waals surface area contributed by atoms with Gasteiger partial charge in [-0.15, -0.1) is 0 Å². The largest absolute Gasteiger partial charge is 0.493 e. The number of amides is 1. The second-order valence-corrected chi connectivity index (χ2v) is 5.49. The van der Waals surface area contributed by atoms with E-state index in [1.807, 2.05) is 20.0 Å². The van der Waals surface area contributed by atoms with E-state index in [0.717, 1.165) is 29.7 Å². The molecule has 1 saturated carbocycles. The maximum atomic E-state index is 11.6. The minimum absolute atomic E-state index is 0.0865. The van der Waals surface area contributed by atoms with Crippen molar-refractivity contribution in [3.63, 3.8) is 0 Å². The molecule has 1 aromatic carbocycles. The highest BCUT2D eigenvalue weighted by Crippen LogP contribution is 2.26. The molecule has 1 unspecified atom stereocenters. The molecular weight excluding hydrogens is 252 g/mol. The van der Waals surface area contributed by atoms with E-state index in [1.54, 1.807) is 0 Å². The van der Waals surface area contributed by atoms with Crippen LogP contribution in [0.3, 0.4) is 0 Å². The fourth-order valence-electron chi connectivity index (χ4n) is 2.06. The molecule has 1 atom stereocenters. The zero-order chi connectivity index (χ0) is 14.5. The molecule has 1 aliphatic carbocycles. The van der Waals surface area contributed by atoms with Crippen molar-refractivity contribution in [1.29, 1.82) is 0 Å². The van der Waals surface area contributed by atoms with E-state index in [9.17, 15) is 4.79 Å². The molecule has 0 bridgehead atoms. The zero-order valence-corrected chi connectivity index (χ0v) is 12.5. The van der Waals surface area contributed by atoms with Crippen molar-refractivity contribution in [3.05, 3.63) is 29.3 Å². The quantitative estimate of drug-likeness (QED) is 0.803. The third kappa shape index (κ3) is 4.23. The first-order chi connectivity index (χ1) is 9.60. The van der Waals surface area contributed by atoms with Crippen LogP contribution >= 0.6 is 0 Å². The molecule has 2 N–H and O–H groups in total. The lowest BCUT2D eigenvalue weighted by Crippen LogP contribution is -2.26. The summed E-state index contributed by atoms with van der Waals surface area (Å²) in [6.45, 7) is 4.56. The van der Waals surface area contributed by atoms with Gasteiger partial charge in [0.1, 0.15) is 5.75 Å². The van der Waals surface area contributed by atoms with Gasteiger partial charge in [0.15, 0.2) is 0 Å². The molecule has 1 aromatic rings. The molecule has 2 rings (SSSR count). The number of benzene rings is 1. The Balaban J connectivity index is 1.89. The van der Waals surface area contributed by atoms with Crippen LogP contribution in [0, 0.1) is 6.92 Å². The molecular formula is C16H24N2O2. The van der Waals surface area contributed by atoms with Gasteiger partial charge in [0, 0.05) is 17.6 Å². The van der Waals surface area contributed by atoms with Gasteiger partial charge in [-0.2, -0.15) is 0 Å². The molecule has 0 saturated heterocycles. The lowest BCUT2D eigenvalue weighted by Gasteiger charge is -2.17. The first kappa shape index (κ1) is 14.9. The number of hydrogen-bond donors (Lipinski definition) is 2. The van der Waals surface area contributed by atoms with Crippen LogP contribution in [0.2, 0.25) is 0 Å². The topological polar surface area (TPSA) is 50.4 Å². The lowest BCUT2D eigenvalue weighted by atomic mass is 10.1. The first-order valence-electron chi connectivity index (χ1n) is 7.30. The number of hydrogen-bond acceptors (Lipinski definition) is 3. The number of nitrogens with one attached hydrogen (secondary N) is 2. The summed E-state index contributed by atoms with van der Waals surface area (Å²) in [5.74, 6) is 0.953. The molecule has 1 fully saturated rings. The normalized spacial score (nSPS) is 15.8. The molecule has 4 heteroatoms. The third-order valence-corrected chi connectivity index (χ3v) is 3.60. The van der Waals surface area contributed by atoms with Crippen LogP contribution < -0.4 is 15.4 Å². The summed E-state index contributed by atoms with van der Waals surface area (Å²) in [4.78, 5) is 11.6. The van der Waals surface area contributed by atoms with E-state index in [1.165, 1.54) is 0 Å². The van der Waals surface area contributed by atoms with Crippen molar-refractivity contribution in [3.8, 4) is 5.75 Å². The Morgan fingerprint density at radius 3 is 2.85 bits per heavy atom. The number of carbonyl (C=O) groups excluding carboxylic acids is 1. The van der Waals surface area contributed by atoms with Gasteiger partial charge in [-0.3, -0.25) is 4.79 Å². The van der Waals surface area contributed by atoms with Crippen molar-refractivity contribution in [2.24, 2.45) is 0 Å². The predicted octanol–water partition coefficient (Wildman–Crippen LogP) is 2.32. The maximum absolute atomic E-state index is 11.6. The van der Waals surface area contributed by atoms with E-state index < -0.39 is 0 Å². The van der Waals surface area contributed by atoms with Crippen molar-refractivity contribution in [1.82, 2.24) is 10.6 Å². The van der Waals surface area contributed by atoms with Crippen LogP contribution in [-0.2, 0) is 4.79 Å². The summed E-state index contributed by atoms with van der Waals surface area (Å²) in [6, 6.07) is 6.83. The zero-order valence-electron chi connectivity index (χ0n) is 12.5. The van der Waals surface area contributed by atoms with E-state index >= 15 is 0 Å². The number of ether oxygens (including phenoxy) is 1. The van der Waals surface area contributed by atoms with Crippen molar-refractivity contribution in [2.45, 2.75) is 45.2 Å². The molecule has 20 heavy (non-hydrogen) atoms. The lowest BCUT2D eigenvalue weighted by molar-refractivity contribution is -0.121. The average Bonchev–Trinajstić information content (AvgIpc) is 3.22. The third-order valence-electron chi connectivity index (χ3n) is 3.60. The van der Waals surface area contributed by atoms with Gasteiger partial charge >= 0.3 is 0 Å². The Kier molecular flexibility index (Phi) is 5.01. The summed E-state index contributed by atoms with van der Waals surface area (Å²) in [5.41, 5.74) is 2.29. The Bertz CT molecular complexity index is 470. The van der Waals surface area contributed by atoms with Gasteiger partial charge in [-0.05, 0) is 45.4 Å². The minimum Gasteiger partial charge on any atom is -0.493 e. The van der Waals surface area contributed by atoms with Gasteiger partial charge in [-0.1, -0.05) is 12.1 Å². The molecule has 0 heterocycles. The predicted molar refractivity (Wildman–Crippen MR) is 79.9 cm³/mol. The minimum atomic E-state index is 0.0865. The standard InChI is InChI=1S/C16H24N2O2/c1-11-4-7-14(12(2)17-3)15(10-11)20-9-8-16(19)18-13-5-6-13/h4,7,10,12-13,17H,5-6,8-9H2,1-3H3,(H,18,19). The van der Waals surface area contributed by atoms with Gasteiger partial charge in [0.2, 0.25) is 5.91 Å². The maximum Gasteiger partial charge on any atom is 0.223 e. The van der Waals surface area contributed by atoms with E-state index in [2.05, 4.69) is 29.7 Å². The van der Waals surface area contributed by atoms with Crippen molar-refractivity contribution < 1.29 is 9.53 Å². The Labute approximate surface area is 120 Å². The highest BCUT2D eigenvalue weighted by molar-refractivity contribution is 5.76. The van der Waals surface area contributed by atoms with Crippen LogP contribution in [-0.4, -0.2) is 25.6 Å². The SMILES string of the molecule is CNC(C)c1ccc(C)cc1OCCC(=O)NC1CC1. The van der Waals surface area contributed by atoms with E-state index in [4.69, 9.17) is 4.74 Å². The van der Waals surface area contributed by atoms with Gasteiger partial charge in [0.25, 0.3) is 0 Å². The number of aryl methyl sites for hydroxylation is 1. The summed E-state index contributed by atoms with van der Waals surface area (Å²) in [5, 5.41) is 6.18. The average molecular weight is 276 g/mol. The molecule has 0 aromatic heterocycles. The summed E-state index contributed by atoms with van der Waals surface area (Å²) >= 11 is 0. The van der Waals surface area contributed by atoms with E-state index in [-0.39, 0.29) is 11.9 Å². The monoisotopic (exact) mass is 276 g/mol. The van der Waals surface area contributed by atoms with Gasteiger partial charge < -0.3 is 15.4 Å². The summed E-state index contributed by atoms with van der Waals surface area (Å²) in [7, 11) is 1.93. The first-order valence-corrected chi connectivity index (χ1v) is 7.30. The van der Waals surface area contributed by atoms with Crippen LogP contribution in [0.1, 0.15) is 43.4 Å². The van der Waals surface area contributed by atoms with E-state index in [0.29, 0.717) is 19.1 Å². The highest BCUT2D eigenvalue weighted by atomic mass is 16.5. The number of carbonyl (C=O) groups is 1. The summed E-state index contributed by atoms with van der Waals surface area (Å²) < 4.78 is 5.81. The Hall–Kier alpha value is -1.55. The Morgan fingerprint density at radius 2 is 2.20 bits per heavy atom. The molecule has 1 amide bonds. The highest BCUT2D eigenvalue weighted by Gasteiger charge is 2.23. The second-order valence-electron chi connectivity index (χ2n) is 5.49. The second kappa shape index (κ2) is 6.75. The molecule has 4 nitrogen and oxygen atoms in total. The fraction of sp³-hybridized carbons (Fsp3) is 0.562. The van der Waals surface area contributed by atoms with Crippen LogP contribution in [0.15, 0.2) is 18.2 Å². The van der Waals surface area contributed by atoms with Gasteiger partial charge in [-0.25, -0.2) is 0 Å². The van der Waals surface area contributed by atoms with Gasteiger partial charge in [0.05, 0.1) is 13.0 Å². The molecule has 0 spiro atoms. The van der Waals surface area contributed by atoms with Crippen LogP contribution in [0.5, 0.6) is 5.75 Å². The fourth-order valence-corrected chi connectivity index (χ4v) is 2.06. The number of rotatable bonds is 7. The molecule has 110 valence electrons. The van der Waals surface area contributed by atoms with Crippen molar-refractivity contribution in [2.75, 3.05) is 13.7 Å². The molecule has 0 radical (unpaired) electrons. The summed E-state index contributed by atoms with van der Waals surface area (Å²) in [6.07, 6.45) is 2.65. The Morgan fingerprint density at radius 1 is 1.45 bits per heavy atom. The smallest absolute Gasteiger partial charge is 0.223 e. The molecule has 1 aliphatic rings. The van der Waals surface area contributed by atoms with Crippen molar-refractivity contribution >= 4 is 5.91 Å². The van der Waals surface area contributed by atoms with Crippen LogP contribution in [0.25, 0.3) is 0 Å². The van der Waals surface area contributed by atoms with Crippen LogP contribution in [0.4, 0.5) is 0 Å².